The van der Waals surface area contributed by atoms with Crippen LogP contribution in [-0.4, -0.2) is 44.9 Å². The highest BCUT2D eigenvalue weighted by atomic mass is 32.2. The second kappa shape index (κ2) is 12.8. The van der Waals surface area contributed by atoms with Gasteiger partial charge in [-0.15, -0.1) is 0 Å². The summed E-state index contributed by atoms with van der Waals surface area (Å²) < 4.78 is 39.0. The van der Waals surface area contributed by atoms with Crippen LogP contribution in [0.5, 0.6) is 0 Å². The molecule has 0 bridgehead atoms. The van der Waals surface area contributed by atoms with Crippen LogP contribution in [0.3, 0.4) is 0 Å². The van der Waals surface area contributed by atoms with Crippen molar-refractivity contribution in [2.45, 2.75) is 57.8 Å². The monoisotopic (exact) mass is 477 g/mol. The molecule has 2 rings (SSSR count). The predicted molar refractivity (Wildman–Crippen MR) is 127 cm³/mol. The van der Waals surface area contributed by atoms with E-state index in [1.807, 2.05) is 51.1 Å². The fourth-order valence-electron chi connectivity index (χ4n) is 3.21. The summed E-state index contributed by atoms with van der Waals surface area (Å²) in [6.07, 6.45) is -0.538. The van der Waals surface area contributed by atoms with Crippen molar-refractivity contribution < 1.29 is 27.8 Å². The van der Waals surface area contributed by atoms with Crippen molar-refractivity contribution in [2.24, 2.45) is 11.8 Å². The smallest absolute Gasteiger partial charge is 0.311 e. The van der Waals surface area contributed by atoms with Crippen molar-refractivity contribution >= 4 is 16.0 Å². The summed E-state index contributed by atoms with van der Waals surface area (Å²) in [7, 11) is -3.76. The second-order valence-electron chi connectivity index (χ2n) is 8.75. The first-order chi connectivity index (χ1) is 15.6. The molecule has 0 saturated carbocycles. The molecule has 0 aliphatic rings. The molecular weight excluding hydrogens is 442 g/mol. The molecule has 0 spiro atoms. The zero-order valence-corrected chi connectivity index (χ0v) is 20.5. The van der Waals surface area contributed by atoms with Crippen LogP contribution in [0.2, 0.25) is 0 Å². The Bertz CT molecular complexity index is 960. The number of carbonyl (C=O) groups is 1. The van der Waals surface area contributed by atoms with Gasteiger partial charge in [-0.2, -0.15) is 0 Å². The van der Waals surface area contributed by atoms with E-state index in [9.17, 15) is 18.3 Å². The van der Waals surface area contributed by atoms with E-state index in [4.69, 9.17) is 9.47 Å². The maximum absolute atomic E-state index is 12.7. The first-order valence-corrected chi connectivity index (χ1v) is 12.6. The van der Waals surface area contributed by atoms with Gasteiger partial charge >= 0.3 is 5.97 Å². The van der Waals surface area contributed by atoms with Crippen LogP contribution < -0.4 is 4.72 Å². The Kier molecular flexibility index (Phi) is 10.5. The third kappa shape index (κ3) is 9.25. The summed E-state index contributed by atoms with van der Waals surface area (Å²) >= 11 is 0. The third-order valence-electron chi connectivity index (χ3n) is 5.18. The highest BCUT2D eigenvalue weighted by Gasteiger charge is 2.27. The van der Waals surface area contributed by atoms with Gasteiger partial charge < -0.3 is 14.6 Å². The van der Waals surface area contributed by atoms with Gasteiger partial charge in [0.15, 0.2) is 0 Å². The summed E-state index contributed by atoms with van der Waals surface area (Å²) in [6.45, 7) is 7.57. The average molecular weight is 478 g/mol. The molecule has 0 unspecified atom stereocenters. The zero-order chi connectivity index (χ0) is 24.4. The number of benzene rings is 2. The van der Waals surface area contributed by atoms with Gasteiger partial charge in [-0.3, -0.25) is 4.79 Å². The van der Waals surface area contributed by atoms with Crippen molar-refractivity contribution in [3.63, 3.8) is 0 Å². The van der Waals surface area contributed by atoms with E-state index < -0.39 is 34.1 Å². The highest BCUT2D eigenvalue weighted by molar-refractivity contribution is 7.89. The van der Waals surface area contributed by atoms with Crippen LogP contribution >= 0.6 is 0 Å². The van der Waals surface area contributed by atoms with Crippen molar-refractivity contribution in [2.75, 3.05) is 13.2 Å². The molecule has 7 nitrogen and oxygen atoms in total. The fourth-order valence-corrected chi connectivity index (χ4v) is 4.45. The number of ether oxygens (including phenoxy) is 2. The Labute approximate surface area is 197 Å². The number of hydrogen-bond acceptors (Lipinski definition) is 6. The molecule has 0 radical (unpaired) electrons. The van der Waals surface area contributed by atoms with E-state index in [0.29, 0.717) is 13.0 Å². The van der Waals surface area contributed by atoms with Crippen molar-refractivity contribution in [1.29, 1.82) is 0 Å². The molecule has 2 aromatic rings. The number of rotatable bonds is 13. The van der Waals surface area contributed by atoms with Crippen molar-refractivity contribution in [3.8, 4) is 0 Å². The molecule has 0 aliphatic carbocycles. The lowest BCUT2D eigenvalue weighted by molar-refractivity contribution is -0.154. The van der Waals surface area contributed by atoms with Crippen LogP contribution in [0.25, 0.3) is 0 Å². The zero-order valence-electron chi connectivity index (χ0n) is 19.7. The molecule has 0 amide bonds. The summed E-state index contributed by atoms with van der Waals surface area (Å²) in [5.74, 6) is -1.23. The van der Waals surface area contributed by atoms with Crippen molar-refractivity contribution in [3.05, 3.63) is 65.7 Å². The highest BCUT2D eigenvalue weighted by Crippen LogP contribution is 2.15. The van der Waals surface area contributed by atoms with E-state index in [2.05, 4.69) is 4.72 Å². The number of nitrogens with one attached hydrogen (secondary N) is 1. The number of hydrogen-bond donors (Lipinski definition) is 2. The van der Waals surface area contributed by atoms with Gasteiger partial charge in [0.2, 0.25) is 10.0 Å². The van der Waals surface area contributed by atoms with Gasteiger partial charge in [0, 0.05) is 0 Å². The Morgan fingerprint density at radius 1 is 1.00 bits per heavy atom. The number of aliphatic hydroxyl groups is 1. The van der Waals surface area contributed by atoms with Gasteiger partial charge in [0.1, 0.15) is 6.61 Å². The van der Waals surface area contributed by atoms with Crippen LogP contribution in [0.1, 0.15) is 38.3 Å². The van der Waals surface area contributed by atoms with Gasteiger partial charge in [-0.25, -0.2) is 13.1 Å². The molecule has 0 heterocycles. The molecule has 33 heavy (non-hydrogen) atoms. The lowest BCUT2D eigenvalue weighted by atomic mass is 10.0. The quantitative estimate of drug-likeness (QED) is 0.429. The molecule has 3 atom stereocenters. The molecule has 0 aliphatic heterocycles. The maximum atomic E-state index is 12.7. The van der Waals surface area contributed by atoms with E-state index in [0.717, 1.165) is 11.1 Å². The normalized spacial score (nSPS) is 14.6. The van der Waals surface area contributed by atoms with E-state index in [1.54, 1.807) is 31.2 Å². The Balaban J connectivity index is 1.89. The molecule has 2 aromatic carbocycles. The number of sulfonamides is 1. The summed E-state index contributed by atoms with van der Waals surface area (Å²) in [6, 6.07) is 15.5. The first kappa shape index (κ1) is 27.0. The molecule has 2 N–H and O–H groups in total. The summed E-state index contributed by atoms with van der Waals surface area (Å²) in [5.41, 5.74) is 1.93. The van der Waals surface area contributed by atoms with Gasteiger partial charge in [0.05, 0.1) is 36.2 Å². The number of aliphatic hydroxyl groups excluding tert-OH is 1. The van der Waals surface area contributed by atoms with Gasteiger partial charge in [0.25, 0.3) is 0 Å². The molecule has 0 aromatic heterocycles. The molecule has 8 heteroatoms. The lowest BCUT2D eigenvalue weighted by Gasteiger charge is -2.23. The minimum absolute atomic E-state index is 0.0133. The Hall–Kier alpha value is -2.26. The molecular formula is C25H35NO6S. The minimum Gasteiger partial charge on any atom is -0.464 e. The minimum atomic E-state index is -3.76. The van der Waals surface area contributed by atoms with E-state index in [-0.39, 0.29) is 24.0 Å². The number of carbonyl (C=O) groups excluding carboxylic acids is 1. The number of esters is 1. The summed E-state index contributed by atoms with van der Waals surface area (Å²) in [4.78, 5) is 12.6. The predicted octanol–water partition coefficient (Wildman–Crippen LogP) is 3.45. The SMILES string of the molecule is Cc1ccc(S(=O)(=O)N[C@H](COC(=O)[C@@H](C)[C@H](O)COCc2ccccc2)CC(C)C)cc1. The van der Waals surface area contributed by atoms with Crippen LogP contribution in [0, 0.1) is 18.8 Å². The second-order valence-corrected chi connectivity index (χ2v) is 10.5. The molecule has 0 fully saturated rings. The summed E-state index contributed by atoms with van der Waals surface area (Å²) in [5, 5.41) is 10.3. The van der Waals surface area contributed by atoms with Crippen molar-refractivity contribution in [1.82, 2.24) is 4.72 Å². The third-order valence-corrected chi connectivity index (χ3v) is 6.72. The molecule has 182 valence electrons. The van der Waals surface area contributed by atoms with Crippen LogP contribution in [-0.2, 0) is 30.9 Å². The van der Waals surface area contributed by atoms with E-state index in [1.165, 1.54) is 0 Å². The topological polar surface area (TPSA) is 102 Å². The Morgan fingerprint density at radius 3 is 2.24 bits per heavy atom. The van der Waals surface area contributed by atoms with Crippen LogP contribution in [0.4, 0.5) is 0 Å². The fraction of sp³-hybridized carbons (Fsp3) is 0.480. The Morgan fingerprint density at radius 2 is 1.64 bits per heavy atom. The average Bonchev–Trinajstić information content (AvgIpc) is 2.77. The van der Waals surface area contributed by atoms with Gasteiger partial charge in [-0.1, -0.05) is 61.9 Å². The lowest BCUT2D eigenvalue weighted by Crippen LogP contribution is -2.41. The molecule has 0 saturated heterocycles. The van der Waals surface area contributed by atoms with Crippen LogP contribution in [0.15, 0.2) is 59.5 Å². The van der Waals surface area contributed by atoms with Gasteiger partial charge in [-0.05, 0) is 43.9 Å². The largest absolute Gasteiger partial charge is 0.464 e. The first-order valence-electron chi connectivity index (χ1n) is 11.1. The standard InChI is InChI=1S/C25H35NO6S/c1-18(2)14-22(26-33(29,30)23-12-10-19(3)11-13-23)16-32-25(28)20(4)24(27)17-31-15-21-8-6-5-7-9-21/h5-13,18,20,22,24,26-27H,14-17H2,1-4H3/t20-,22-,24+/m0/s1. The maximum Gasteiger partial charge on any atom is 0.311 e. The number of aryl methyl sites for hydroxylation is 1. The van der Waals surface area contributed by atoms with E-state index >= 15 is 0 Å².